The maximum atomic E-state index is 13.6. The van der Waals surface area contributed by atoms with Crippen LogP contribution in [0.15, 0.2) is 83.7 Å². The topological polar surface area (TPSA) is 75.2 Å². The predicted octanol–water partition coefficient (Wildman–Crippen LogP) is 5.87. The molecule has 0 aliphatic rings. The summed E-state index contributed by atoms with van der Waals surface area (Å²) in [6.45, 7) is 2.05. The SMILES string of the molecule is CCCN(CC(=O)c1c(-c2ccccc2)[nH]n(-c2ccc(Cl)cc2)c1=O)C(=O)c1ccc(Cl)cc1. The van der Waals surface area contributed by atoms with Crippen LogP contribution < -0.4 is 5.56 Å². The second kappa shape index (κ2) is 10.8. The molecule has 0 unspecified atom stereocenters. The Kier molecular flexibility index (Phi) is 7.54. The van der Waals surface area contributed by atoms with Crippen molar-refractivity contribution in [1.29, 1.82) is 0 Å². The van der Waals surface area contributed by atoms with Crippen molar-refractivity contribution < 1.29 is 9.59 Å². The summed E-state index contributed by atoms with van der Waals surface area (Å²) < 4.78 is 1.32. The van der Waals surface area contributed by atoms with Gasteiger partial charge in [-0.25, -0.2) is 4.68 Å². The summed E-state index contributed by atoms with van der Waals surface area (Å²) in [5.74, 6) is -0.750. The highest BCUT2D eigenvalue weighted by atomic mass is 35.5. The predicted molar refractivity (Wildman–Crippen MR) is 139 cm³/mol. The normalized spacial score (nSPS) is 10.8. The van der Waals surface area contributed by atoms with E-state index in [9.17, 15) is 14.4 Å². The maximum Gasteiger partial charge on any atom is 0.282 e. The first kappa shape index (κ1) is 24.5. The number of carbonyl (C=O) groups is 2. The van der Waals surface area contributed by atoms with E-state index in [-0.39, 0.29) is 18.0 Å². The van der Waals surface area contributed by atoms with Crippen LogP contribution in [0, 0.1) is 0 Å². The van der Waals surface area contributed by atoms with E-state index < -0.39 is 11.3 Å². The van der Waals surface area contributed by atoms with E-state index in [1.165, 1.54) is 9.58 Å². The number of aromatic amines is 1. The minimum Gasteiger partial charge on any atom is -0.331 e. The molecule has 1 heterocycles. The fourth-order valence-electron chi connectivity index (χ4n) is 3.83. The molecule has 0 bridgehead atoms. The summed E-state index contributed by atoms with van der Waals surface area (Å²) >= 11 is 12.0. The Morgan fingerprint density at radius 1 is 0.886 bits per heavy atom. The standard InChI is InChI=1S/C27H23Cl2N3O3/c1-2-16-31(26(34)19-8-10-20(28)11-9-19)17-23(33)24-25(18-6-4-3-5-7-18)30-32(27(24)35)22-14-12-21(29)13-15-22/h3-15,30H,2,16-17H2,1H3. The Balaban J connectivity index is 1.74. The molecule has 0 atom stereocenters. The van der Waals surface area contributed by atoms with Gasteiger partial charge in [-0.15, -0.1) is 0 Å². The molecule has 4 aromatic rings. The third kappa shape index (κ3) is 5.39. The summed E-state index contributed by atoms with van der Waals surface area (Å²) in [6, 6.07) is 22.4. The van der Waals surface area contributed by atoms with Gasteiger partial charge in [-0.05, 0) is 55.0 Å². The fourth-order valence-corrected chi connectivity index (χ4v) is 4.08. The molecule has 35 heavy (non-hydrogen) atoms. The van der Waals surface area contributed by atoms with Crippen molar-refractivity contribution in [2.45, 2.75) is 13.3 Å². The number of nitrogens with zero attached hydrogens (tertiary/aromatic N) is 2. The van der Waals surface area contributed by atoms with Gasteiger partial charge in [-0.3, -0.25) is 19.5 Å². The molecular formula is C27H23Cl2N3O3. The molecule has 3 aromatic carbocycles. The number of hydrogen-bond donors (Lipinski definition) is 1. The lowest BCUT2D eigenvalue weighted by Gasteiger charge is -2.21. The number of ketones is 1. The van der Waals surface area contributed by atoms with Gasteiger partial charge in [-0.1, -0.05) is 60.5 Å². The molecule has 178 valence electrons. The van der Waals surface area contributed by atoms with Gasteiger partial charge in [-0.2, -0.15) is 0 Å². The average Bonchev–Trinajstić information content (AvgIpc) is 3.22. The fraction of sp³-hybridized carbons (Fsp3) is 0.148. The second-order valence-electron chi connectivity index (χ2n) is 8.00. The number of benzene rings is 3. The molecule has 0 spiro atoms. The van der Waals surface area contributed by atoms with Gasteiger partial charge >= 0.3 is 0 Å². The molecule has 0 aliphatic heterocycles. The molecule has 1 amide bonds. The van der Waals surface area contributed by atoms with Crippen LogP contribution in [-0.4, -0.2) is 39.5 Å². The maximum absolute atomic E-state index is 13.6. The van der Waals surface area contributed by atoms with Crippen molar-refractivity contribution in [2.24, 2.45) is 0 Å². The third-order valence-electron chi connectivity index (χ3n) is 5.52. The number of hydrogen-bond acceptors (Lipinski definition) is 3. The molecule has 4 rings (SSSR count). The quantitative estimate of drug-likeness (QED) is 0.303. The zero-order valence-electron chi connectivity index (χ0n) is 19.0. The highest BCUT2D eigenvalue weighted by molar-refractivity contribution is 6.30. The van der Waals surface area contributed by atoms with Gasteiger partial charge in [0.2, 0.25) is 0 Å². The van der Waals surface area contributed by atoms with Crippen LogP contribution in [0.5, 0.6) is 0 Å². The van der Waals surface area contributed by atoms with Gasteiger partial charge in [0.15, 0.2) is 5.78 Å². The number of carbonyl (C=O) groups excluding carboxylic acids is 2. The van der Waals surface area contributed by atoms with Crippen LogP contribution in [0.1, 0.15) is 34.1 Å². The lowest BCUT2D eigenvalue weighted by molar-refractivity contribution is 0.0709. The van der Waals surface area contributed by atoms with Gasteiger partial charge in [0.05, 0.1) is 17.9 Å². The van der Waals surface area contributed by atoms with E-state index in [0.717, 1.165) is 0 Å². The first-order chi connectivity index (χ1) is 16.9. The second-order valence-corrected chi connectivity index (χ2v) is 8.87. The number of halogens is 2. The summed E-state index contributed by atoms with van der Waals surface area (Å²) in [6.07, 6.45) is 0.653. The minimum absolute atomic E-state index is 0.00356. The van der Waals surface area contributed by atoms with E-state index in [0.29, 0.717) is 45.5 Å². The van der Waals surface area contributed by atoms with Crippen molar-refractivity contribution >= 4 is 34.9 Å². The van der Waals surface area contributed by atoms with Crippen molar-refractivity contribution in [2.75, 3.05) is 13.1 Å². The third-order valence-corrected chi connectivity index (χ3v) is 6.03. The molecule has 0 radical (unpaired) electrons. The van der Waals surface area contributed by atoms with Crippen LogP contribution >= 0.6 is 23.2 Å². The van der Waals surface area contributed by atoms with E-state index in [1.54, 1.807) is 48.5 Å². The van der Waals surface area contributed by atoms with Crippen molar-refractivity contribution in [3.63, 3.8) is 0 Å². The first-order valence-corrected chi connectivity index (χ1v) is 11.9. The van der Waals surface area contributed by atoms with Crippen molar-refractivity contribution in [3.05, 3.63) is 110 Å². The number of amides is 1. The molecule has 0 aliphatic carbocycles. The van der Waals surface area contributed by atoms with Crippen LogP contribution in [0.4, 0.5) is 0 Å². The van der Waals surface area contributed by atoms with E-state index in [2.05, 4.69) is 5.10 Å². The van der Waals surface area contributed by atoms with Gasteiger partial charge < -0.3 is 4.90 Å². The van der Waals surface area contributed by atoms with E-state index >= 15 is 0 Å². The van der Waals surface area contributed by atoms with Crippen molar-refractivity contribution in [3.8, 4) is 16.9 Å². The lowest BCUT2D eigenvalue weighted by Crippen LogP contribution is -2.37. The van der Waals surface area contributed by atoms with Gasteiger partial charge in [0, 0.05) is 27.7 Å². The largest absolute Gasteiger partial charge is 0.331 e. The first-order valence-electron chi connectivity index (χ1n) is 11.1. The van der Waals surface area contributed by atoms with Crippen molar-refractivity contribution in [1.82, 2.24) is 14.7 Å². The zero-order valence-corrected chi connectivity index (χ0v) is 20.5. The number of rotatable bonds is 8. The Morgan fingerprint density at radius 2 is 1.49 bits per heavy atom. The summed E-state index contributed by atoms with van der Waals surface area (Å²) in [4.78, 5) is 41.6. The molecule has 0 fully saturated rings. The van der Waals surface area contributed by atoms with Crippen LogP contribution in [0.3, 0.4) is 0 Å². The number of aromatic nitrogens is 2. The molecule has 1 N–H and O–H groups in total. The van der Waals surface area contributed by atoms with Crippen LogP contribution in [0.2, 0.25) is 10.0 Å². The highest BCUT2D eigenvalue weighted by Gasteiger charge is 2.26. The average molecular weight is 508 g/mol. The van der Waals surface area contributed by atoms with Crippen LogP contribution in [-0.2, 0) is 0 Å². The van der Waals surface area contributed by atoms with Crippen LogP contribution in [0.25, 0.3) is 16.9 Å². The Labute approximate surface area is 212 Å². The zero-order chi connectivity index (χ0) is 24.9. The summed E-state index contributed by atoms with van der Waals surface area (Å²) in [7, 11) is 0. The smallest absolute Gasteiger partial charge is 0.282 e. The molecule has 0 saturated carbocycles. The molecule has 1 aromatic heterocycles. The lowest BCUT2D eigenvalue weighted by atomic mass is 10.0. The Morgan fingerprint density at radius 3 is 2.09 bits per heavy atom. The molecular weight excluding hydrogens is 485 g/mol. The summed E-state index contributed by atoms with van der Waals surface area (Å²) in [5, 5.41) is 4.12. The number of H-pyrrole nitrogens is 1. The highest BCUT2D eigenvalue weighted by Crippen LogP contribution is 2.22. The molecule has 0 saturated heterocycles. The van der Waals surface area contributed by atoms with E-state index in [4.69, 9.17) is 23.2 Å². The van der Waals surface area contributed by atoms with Gasteiger partial charge in [0.1, 0.15) is 5.56 Å². The number of nitrogens with one attached hydrogen (secondary N) is 1. The number of Topliss-reactive ketones (excluding diaryl/α,β-unsaturated/α-hetero) is 1. The van der Waals surface area contributed by atoms with E-state index in [1.807, 2.05) is 37.3 Å². The van der Waals surface area contributed by atoms with Gasteiger partial charge in [0.25, 0.3) is 11.5 Å². The molecule has 8 heteroatoms. The minimum atomic E-state index is -0.494. The Hall–Kier alpha value is -3.61. The monoisotopic (exact) mass is 507 g/mol. The Bertz CT molecular complexity index is 1390. The summed E-state index contributed by atoms with van der Waals surface area (Å²) in [5.41, 5.74) is 1.55. The molecule has 6 nitrogen and oxygen atoms in total.